The molecule has 0 spiro atoms. The summed E-state index contributed by atoms with van der Waals surface area (Å²) in [5.41, 5.74) is 0.885. The molecule has 0 aliphatic carbocycles. The van der Waals surface area contributed by atoms with Gasteiger partial charge in [-0.1, -0.05) is 11.6 Å². The first-order valence-electron chi connectivity index (χ1n) is 5.71. The molecule has 6 heteroatoms. The molecule has 0 unspecified atom stereocenters. The first-order valence-corrected chi connectivity index (χ1v) is 6.09. The number of nitro benzene ring substituents is 1. The van der Waals surface area contributed by atoms with Crippen molar-refractivity contribution in [3.63, 3.8) is 0 Å². The molecule has 0 amide bonds. The van der Waals surface area contributed by atoms with Gasteiger partial charge in [0.2, 0.25) is 0 Å². The van der Waals surface area contributed by atoms with Crippen molar-refractivity contribution in [2.24, 2.45) is 0 Å². The van der Waals surface area contributed by atoms with Crippen LogP contribution in [0.2, 0.25) is 5.02 Å². The molecule has 0 aromatic heterocycles. The molecule has 0 atom stereocenters. The van der Waals surface area contributed by atoms with Crippen molar-refractivity contribution in [3.8, 4) is 5.75 Å². The molecule has 20 heavy (non-hydrogen) atoms. The second-order valence-electron chi connectivity index (χ2n) is 4.01. The summed E-state index contributed by atoms with van der Waals surface area (Å²) in [6.45, 7) is 0.0495. The summed E-state index contributed by atoms with van der Waals surface area (Å²) in [5, 5.41) is 11.2. The molecule has 5 nitrogen and oxygen atoms in total. The van der Waals surface area contributed by atoms with Crippen LogP contribution in [0.3, 0.4) is 0 Å². The first-order chi connectivity index (χ1) is 9.60. The molecule has 0 bridgehead atoms. The van der Waals surface area contributed by atoms with Crippen LogP contribution in [0.15, 0.2) is 42.5 Å². The van der Waals surface area contributed by atoms with Crippen molar-refractivity contribution in [2.45, 2.75) is 6.61 Å². The maximum absolute atomic E-state index is 10.9. The summed E-state index contributed by atoms with van der Waals surface area (Å²) in [4.78, 5) is 20.9. The van der Waals surface area contributed by atoms with E-state index in [-0.39, 0.29) is 12.3 Å². The van der Waals surface area contributed by atoms with E-state index >= 15 is 0 Å². The predicted octanol–water partition coefficient (Wildman–Crippen LogP) is 3.64. The summed E-state index contributed by atoms with van der Waals surface area (Å²) >= 11 is 5.73. The maximum Gasteiger partial charge on any atom is 0.277 e. The summed E-state index contributed by atoms with van der Waals surface area (Å²) in [5.74, 6) is 0.528. The van der Waals surface area contributed by atoms with Gasteiger partial charge in [0.15, 0.2) is 0 Å². The van der Waals surface area contributed by atoms with Crippen LogP contribution in [0, 0.1) is 10.1 Å². The standard InChI is InChI=1S/C14H10ClNO4/c15-12-4-3-11(14(7-12)16(18)19)9-20-13-5-1-10(8-17)2-6-13/h1-8H,9H2. The van der Waals surface area contributed by atoms with Crippen LogP contribution in [-0.4, -0.2) is 11.2 Å². The minimum Gasteiger partial charge on any atom is -0.489 e. The molecule has 0 radical (unpaired) electrons. The summed E-state index contributed by atoms with van der Waals surface area (Å²) < 4.78 is 5.46. The zero-order chi connectivity index (χ0) is 14.5. The van der Waals surface area contributed by atoms with E-state index in [1.165, 1.54) is 6.07 Å². The van der Waals surface area contributed by atoms with E-state index in [0.29, 0.717) is 21.9 Å². The lowest BCUT2D eigenvalue weighted by molar-refractivity contribution is -0.385. The molecule has 0 saturated carbocycles. The van der Waals surface area contributed by atoms with Crippen LogP contribution < -0.4 is 4.74 Å². The minimum absolute atomic E-state index is 0.0495. The number of halogens is 1. The minimum atomic E-state index is -0.500. The van der Waals surface area contributed by atoms with Gasteiger partial charge in [-0.25, -0.2) is 0 Å². The average Bonchev–Trinajstić information content (AvgIpc) is 2.46. The highest BCUT2D eigenvalue weighted by atomic mass is 35.5. The highest BCUT2D eigenvalue weighted by Gasteiger charge is 2.14. The second-order valence-corrected chi connectivity index (χ2v) is 4.44. The quantitative estimate of drug-likeness (QED) is 0.479. The molecule has 0 aliphatic heterocycles. The number of ether oxygens (including phenoxy) is 1. The number of nitro groups is 1. The van der Waals surface area contributed by atoms with Gasteiger partial charge in [0.05, 0.1) is 10.5 Å². The smallest absolute Gasteiger partial charge is 0.277 e. The number of nitrogens with zero attached hydrogens (tertiary/aromatic N) is 1. The predicted molar refractivity (Wildman–Crippen MR) is 74.3 cm³/mol. The van der Waals surface area contributed by atoms with Gasteiger partial charge in [0.1, 0.15) is 18.6 Å². The molecule has 2 aromatic carbocycles. The summed E-state index contributed by atoms with van der Waals surface area (Å²) in [6.07, 6.45) is 0.730. The Morgan fingerprint density at radius 1 is 1.20 bits per heavy atom. The van der Waals surface area contributed by atoms with E-state index in [0.717, 1.165) is 6.29 Å². The Balaban J connectivity index is 2.13. The molecule has 0 fully saturated rings. The topological polar surface area (TPSA) is 69.4 Å². The van der Waals surface area contributed by atoms with E-state index in [1.54, 1.807) is 36.4 Å². The van der Waals surface area contributed by atoms with E-state index in [1.807, 2.05) is 0 Å². The Morgan fingerprint density at radius 3 is 2.50 bits per heavy atom. The van der Waals surface area contributed by atoms with Crippen LogP contribution in [0.1, 0.15) is 15.9 Å². The number of aldehydes is 1. The number of hydrogen-bond acceptors (Lipinski definition) is 4. The molecular weight excluding hydrogens is 282 g/mol. The van der Waals surface area contributed by atoms with Gasteiger partial charge in [-0.05, 0) is 36.4 Å². The van der Waals surface area contributed by atoms with Crippen LogP contribution in [0.5, 0.6) is 5.75 Å². The van der Waals surface area contributed by atoms with E-state index in [4.69, 9.17) is 16.3 Å². The fourth-order valence-electron chi connectivity index (χ4n) is 1.63. The van der Waals surface area contributed by atoms with Gasteiger partial charge in [-0.3, -0.25) is 14.9 Å². The normalized spacial score (nSPS) is 10.1. The Kier molecular flexibility index (Phi) is 4.32. The lowest BCUT2D eigenvalue weighted by Crippen LogP contribution is -2.00. The Labute approximate surface area is 119 Å². The number of benzene rings is 2. The first kappa shape index (κ1) is 14.0. The zero-order valence-electron chi connectivity index (χ0n) is 10.3. The average molecular weight is 292 g/mol. The summed E-state index contributed by atoms with van der Waals surface area (Å²) in [7, 11) is 0. The lowest BCUT2D eigenvalue weighted by atomic mass is 10.2. The van der Waals surface area contributed by atoms with Crippen LogP contribution in [0.25, 0.3) is 0 Å². The number of hydrogen-bond donors (Lipinski definition) is 0. The number of rotatable bonds is 5. The molecule has 2 rings (SSSR count). The highest BCUT2D eigenvalue weighted by molar-refractivity contribution is 6.30. The third kappa shape index (κ3) is 3.33. The van der Waals surface area contributed by atoms with Crippen molar-refractivity contribution in [3.05, 3.63) is 68.7 Å². The fraction of sp³-hybridized carbons (Fsp3) is 0.0714. The number of carbonyl (C=O) groups is 1. The Bertz CT molecular complexity index is 640. The van der Waals surface area contributed by atoms with Crippen molar-refractivity contribution >= 4 is 23.6 Å². The van der Waals surface area contributed by atoms with Crippen molar-refractivity contribution in [2.75, 3.05) is 0 Å². The fourth-order valence-corrected chi connectivity index (χ4v) is 1.80. The van der Waals surface area contributed by atoms with Gasteiger partial charge in [-0.15, -0.1) is 0 Å². The van der Waals surface area contributed by atoms with Gasteiger partial charge >= 0.3 is 0 Å². The monoisotopic (exact) mass is 291 g/mol. The van der Waals surface area contributed by atoms with E-state index in [9.17, 15) is 14.9 Å². The molecule has 0 heterocycles. The van der Waals surface area contributed by atoms with E-state index in [2.05, 4.69) is 0 Å². The third-order valence-electron chi connectivity index (χ3n) is 2.65. The Hall–Kier alpha value is -2.40. The molecule has 2 aromatic rings. The van der Waals surface area contributed by atoms with Crippen LogP contribution in [-0.2, 0) is 6.61 Å². The van der Waals surface area contributed by atoms with Gasteiger partial charge in [0.25, 0.3) is 5.69 Å². The zero-order valence-corrected chi connectivity index (χ0v) is 11.0. The Morgan fingerprint density at radius 2 is 1.90 bits per heavy atom. The number of carbonyl (C=O) groups excluding carboxylic acids is 1. The van der Waals surface area contributed by atoms with Crippen LogP contribution in [0.4, 0.5) is 5.69 Å². The largest absolute Gasteiger partial charge is 0.489 e. The SMILES string of the molecule is O=Cc1ccc(OCc2ccc(Cl)cc2[N+](=O)[O-])cc1. The van der Waals surface area contributed by atoms with Crippen LogP contribution >= 0.6 is 11.6 Å². The summed E-state index contributed by atoms with van der Waals surface area (Å²) in [6, 6.07) is 10.9. The molecule has 0 N–H and O–H groups in total. The molecular formula is C14H10ClNO4. The maximum atomic E-state index is 10.9. The lowest BCUT2D eigenvalue weighted by Gasteiger charge is -2.07. The molecule has 0 saturated heterocycles. The second kappa shape index (κ2) is 6.16. The van der Waals surface area contributed by atoms with Gasteiger partial charge < -0.3 is 4.74 Å². The van der Waals surface area contributed by atoms with E-state index < -0.39 is 4.92 Å². The van der Waals surface area contributed by atoms with Crippen molar-refractivity contribution in [1.82, 2.24) is 0 Å². The third-order valence-corrected chi connectivity index (χ3v) is 2.89. The van der Waals surface area contributed by atoms with Gasteiger partial charge in [-0.2, -0.15) is 0 Å². The molecule has 102 valence electrons. The van der Waals surface area contributed by atoms with Gasteiger partial charge in [0, 0.05) is 16.7 Å². The van der Waals surface area contributed by atoms with Crippen molar-refractivity contribution < 1.29 is 14.5 Å². The van der Waals surface area contributed by atoms with Crippen molar-refractivity contribution in [1.29, 1.82) is 0 Å². The highest BCUT2D eigenvalue weighted by Crippen LogP contribution is 2.24. The molecule has 0 aliphatic rings.